The van der Waals surface area contributed by atoms with E-state index in [-0.39, 0.29) is 22.5 Å². The molecule has 10 atom stereocenters. The molecule has 0 aliphatic heterocycles. The summed E-state index contributed by atoms with van der Waals surface area (Å²) in [4.78, 5) is 13.4. The number of carbonyl (C=O) groups excluding carboxylic acids is 1. The number of hydrogen-bond acceptors (Lipinski definition) is 4. The van der Waals surface area contributed by atoms with Crippen LogP contribution in [0.3, 0.4) is 0 Å². The molecule has 10 unspecified atom stereocenters. The van der Waals surface area contributed by atoms with E-state index in [0.29, 0.717) is 34.9 Å². The predicted molar refractivity (Wildman–Crippen MR) is 227 cm³/mol. The van der Waals surface area contributed by atoms with Gasteiger partial charge in [-0.2, -0.15) is 0 Å². The van der Waals surface area contributed by atoms with Crippen molar-refractivity contribution in [3.63, 3.8) is 0 Å². The Morgan fingerprint density at radius 1 is 0.815 bits per heavy atom. The number of carbonyl (C=O) groups is 1. The molecule has 5 fully saturated rings. The molecule has 0 aromatic heterocycles. The number of benzene rings is 1. The number of nitrogens with one attached hydrogen (secondary N) is 3. The third-order valence-corrected chi connectivity index (χ3v) is 18.0. The molecule has 1 aromatic carbocycles. The van der Waals surface area contributed by atoms with Crippen LogP contribution < -0.4 is 16.2 Å². The van der Waals surface area contributed by atoms with E-state index in [2.05, 4.69) is 89.8 Å². The number of rotatable bonds is 13. The lowest BCUT2D eigenvalue weighted by Gasteiger charge is -2.62. The van der Waals surface area contributed by atoms with Gasteiger partial charge in [-0.05, 0) is 178 Å². The number of aryl methyl sites for hydroxylation is 1. The van der Waals surface area contributed by atoms with E-state index in [1.54, 1.807) is 11.1 Å². The Labute approximate surface area is 332 Å². The highest BCUT2D eigenvalue weighted by molar-refractivity contribution is 5.81. The minimum Gasteiger partial charge on any atom is -0.300 e. The highest BCUT2D eigenvalue weighted by Gasteiger charge is 2.57. The SMILES string of the molecule is CC(C)c1ccc2c(c1)CCC1C(C)(CNC(CCCC(=O)C3CCCCC3)NNC3(C)CCCC4(C)C5CCC(C(C)C)CC5CCC34)CCCC21C. The van der Waals surface area contributed by atoms with Gasteiger partial charge in [0.15, 0.2) is 0 Å². The van der Waals surface area contributed by atoms with Gasteiger partial charge in [0.05, 0.1) is 6.17 Å². The first-order chi connectivity index (χ1) is 25.8. The van der Waals surface area contributed by atoms with Gasteiger partial charge in [-0.1, -0.05) is 98.8 Å². The summed E-state index contributed by atoms with van der Waals surface area (Å²) in [5, 5.41) is 4.20. The normalized spacial score (nSPS) is 39.0. The Kier molecular flexibility index (Phi) is 12.6. The molecule has 4 heteroatoms. The van der Waals surface area contributed by atoms with Crippen molar-refractivity contribution in [3.05, 3.63) is 34.9 Å². The Morgan fingerprint density at radius 2 is 1.59 bits per heavy atom. The molecule has 6 aliphatic rings. The van der Waals surface area contributed by atoms with Crippen LogP contribution in [0.25, 0.3) is 0 Å². The van der Waals surface area contributed by atoms with Crippen LogP contribution in [0.2, 0.25) is 0 Å². The van der Waals surface area contributed by atoms with Gasteiger partial charge in [-0.3, -0.25) is 10.2 Å². The van der Waals surface area contributed by atoms with Gasteiger partial charge in [-0.25, -0.2) is 5.43 Å². The molecule has 3 N–H and O–H groups in total. The van der Waals surface area contributed by atoms with Crippen molar-refractivity contribution in [3.8, 4) is 0 Å². The van der Waals surface area contributed by atoms with E-state index >= 15 is 0 Å². The smallest absolute Gasteiger partial charge is 0.135 e. The molecule has 0 saturated heterocycles. The number of Topliss-reactive ketones (excluding diaryl/α,β-unsaturated/α-hetero) is 1. The van der Waals surface area contributed by atoms with Crippen LogP contribution in [0.1, 0.15) is 206 Å². The lowest BCUT2D eigenvalue weighted by atomic mass is 9.45. The van der Waals surface area contributed by atoms with Gasteiger partial charge in [-0.15, -0.1) is 0 Å². The van der Waals surface area contributed by atoms with Crippen molar-refractivity contribution < 1.29 is 4.79 Å². The van der Waals surface area contributed by atoms with E-state index in [1.807, 2.05) is 0 Å². The Balaban J connectivity index is 1.05. The van der Waals surface area contributed by atoms with Crippen LogP contribution in [-0.2, 0) is 16.6 Å². The van der Waals surface area contributed by atoms with E-state index in [9.17, 15) is 4.79 Å². The van der Waals surface area contributed by atoms with Crippen LogP contribution in [0.4, 0.5) is 0 Å². The first-order valence-electron chi connectivity index (χ1n) is 23.7. The standard InChI is InChI=1S/C50H83N3O/c1-34(2)37-19-23-41-39(31-37)21-25-44-47(5,27-13-28-48(41,44)6)33-51-46(18-12-17-43(54)36-15-10-9-11-16-36)52-53-50(8)30-14-29-49(7)42-24-20-38(35(3)4)32-40(42)22-26-45(49)50/h19,23,31,34-36,38,40,42,44-46,51-53H,9-18,20-22,24-30,32-33H2,1-8H3. The summed E-state index contributed by atoms with van der Waals surface area (Å²) in [5.74, 6) is 6.44. The highest BCUT2D eigenvalue weighted by Crippen LogP contribution is 2.62. The summed E-state index contributed by atoms with van der Waals surface area (Å²) in [6.07, 6.45) is 26.6. The summed E-state index contributed by atoms with van der Waals surface area (Å²) in [7, 11) is 0. The van der Waals surface area contributed by atoms with Gasteiger partial charge in [0, 0.05) is 24.4 Å². The van der Waals surface area contributed by atoms with Gasteiger partial charge in [0.2, 0.25) is 0 Å². The van der Waals surface area contributed by atoms with Crippen molar-refractivity contribution in [2.24, 2.45) is 52.3 Å². The summed E-state index contributed by atoms with van der Waals surface area (Å²) in [5.41, 5.74) is 14.0. The largest absolute Gasteiger partial charge is 0.300 e. The number of ketones is 1. The van der Waals surface area contributed by atoms with E-state index in [4.69, 9.17) is 0 Å². The Bertz CT molecular complexity index is 1430. The van der Waals surface area contributed by atoms with Gasteiger partial charge in [0.1, 0.15) is 5.78 Å². The maximum Gasteiger partial charge on any atom is 0.135 e. The molecule has 54 heavy (non-hydrogen) atoms. The molecule has 0 radical (unpaired) electrons. The van der Waals surface area contributed by atoms with Crippen LogP contribution >= 0.6 is 0 Å². The molecule has 6 aliphatic carbocycles. The first kappa shape index (κ1) is 40.9. The van der Waals surface area contributed by atoms with E-state index < -0.39 is 0 Å². The molecule has 1 aromatic rings. The summed E-state index contributed by atoms with van der Waals surface area (Å²) >= 11 is 0. The topological polar surface area (TPSA) is 53.2 Å². The third-order valence-electron chi connectivity index (χ3n) is 18.0. The monoisotopic (exact) mass is 742 g/mol. The molecule has 0 amide bonds. The van der Waals surface area contributed by atoms with Crippen molar-refractivity contribution in [2.45, 2.75) is 213 Å². The number of hydrogen-bond donors (Lipinski definition) is 3. The lowest BCUT2D eigenvalue weighted by Crippen LogP contribution is -2.67. The molecular formula is C50H83N3O. The van der Waals surface area contributed by atoms with Crippen molar-refractivity contribution in [1.29, 1.82) is 0 Å². The zero-order valence-electron chi connectivity index (χ0n) is 36.4. The lowest BCUT2D eigenvalue weighted by molar-refractivity contribution is -0.124. The molecule has 304 valence electrons. The molecule has 0 bridgehead atoms. The summed E-state index contributed by atoms with van der Waals surface area (Å²) in [6, 6.07) is 7.50. The van der Waals surface area contributed by atoms with E-state index in [1.165, 1.54) is 108 Å². The van der Waals surface area contributed by atoms with Crippen LogP contribution in [0.5, 0.6) is 0 Å². The minimum absolute atomic E-state index is 0.0972. The third kappa shape index (κ3) is 8.08. The number of fused-ring (bicyclic) bond motifs is 6. The summed E-state index contributed by atoms with van der Waals surface area (Å²) in [6.45, 7) is 21.2. The maximum atomic E-state index is 13.4. The van der Waals surface area contributed by atoms with Crippen molar-refractivity contribution in [2.75, 3.05) is 6.54 Å². The van der Waals surface area contributed by atoms with Gasteiger partial charge < -0.3 is 5.32 Å². The molecular weight excluding hydrogens is 659 g/mol. The second kappa shape index (κ2) is 16.6. The quantitative estimate of drug-likeness (QED) is 0.139. The maximum absolute atomic E-state index is 13.4. The Morgan fingerprint density at radius 3 is 2.35 bits per heavy atom. The fourth-order valence-electron chi connectivity index (χ4n) is 14.8. The van der Waals surface area contributed by atoms with Crippen molar-refractivity contribution >= 4 is 5.78 Å². The molecule has 0 spiro atoms. The van der Waals surface area contributed by atoms with Crippen LogP contribution in [-0.4, -0.2) is 24.0 Å². The van der Waals surface area contributed by atoms with Crippen molar-refractivity contribution in [1.82, 2.24) is 16.2 Å². The average Bonchev–Trinajstić information content (AvgIpc) is 3.15. The van der Waals surface area contributed by atoms with Crippen LogP contribution in [0, 0.1) is 52.3 Å². The van der Waals surface area contributed by atoms with E-state index in [0.717, 1.165) is 62.3 Å². The predicted octanol–water partition coefficient (Wildman–Crippen LogP) is 12.2. The fourth-order valence-corrected chi connectivity index (χ4v) is 14.8. The second-order valence-electron chi connectivity index (χ2n) is 22.1. The molecule has 0 heterocycles. The summed E-state index contributed by atoms with van der Waals surface area (Å²) < 4.78 is 0. The number of hydrazine groups is 1. The zero-order valence-corrected chi connectivity index (χ0v) is 36.4. The highest BCUT2D eigenvalue weighted by atomic mass is 16.1. The second-order valence-corrected chi connectivity index (χ2v) is 22.1. The fraction of sp³-hybridized carbons (Fsp3) is 0.860. The minimum atomic E-state index is 0.0972. The molecule has 7 rings (SSSR count). The van der Waals surface area contributed by atoms with Gasteiger partial charge >= 0.3 is 0 Å². The first-order valence-corrected chi connectivity index (χ1v) is 23.7. The molecule has 5 saturated carbocycles. The van der Waals surface area contributed by atoms with Gasteiger partial charge in [0.25, 0.3) is 0 Å². The Hall–Kier alpha value is -1.23. The zero-order chi connectivity index (χ0) is 38.3. The van der Waals surface area contributed by atoms with Crippen LogP contribution in [0.15, 0.2) is 18.2 Å². The average molecular weight is 742 g/mol. The molecule has 4 nitrogen and oxygen atoms in total.